The number of aromatic nitrogens is 3. The predicted molar refractivity (Wildman–Crippen MR) is 120 cm³/mol. The Kier molecular flexibility index (Phi) is 6.98. The Morgan fingerprint density at radius 1 is 1.18 bits per heavy atom. The fourth-order valence-electron chi connectivity index (χ4n) is 3.11. The Morgan fingerprint density at radius 3 is 2.48 bits per heavy atom. The number of hydrogen-bond donors (Lipinski definition) is 5. The lowest BCUT2D eigenvalue weighted by atomic mass is 10.0. The van der Waals surface area contributed by atoms with Crippen molar-refractivity contribution in [3.05, 3.63) is 70.1 Å². The lowest BCUT2D eigenvalue weighted by Gasteiger charge is -2.24. The van der Waals surface area contributed by atoms with Crippen molar-refractivity contribution in [1.29, 1.82) is 0 Å². The highest BCUT2D eigenvalue weighted by atomic mass is 16.4. The number of aliphatic carboxylic acids is 1. The Balaban J connectivity index is 1.72. The number of carboxylic acids is 1. The van der Waals surface area contributed by atoms with Gasteiger partial charge in [-0.15, -0.1) is 0 Å². The summed E-state index contributed by atoms with van der Waals surface area (Å²) in [6.45, 7) is 0. The van der Waals surface area contributed by atoms with E-state index in [0.717, 1.165) is 10.5 Å². The third-order valence-electron chi connectivity index (χ3n) is 4.71. The van der Waals surface area contributed by atoms with Crippen LogP contribution in [0.4, 0.5) is 23.3 Å². The van der Waals surface area contributed by atoms with Crippen molar-refractivity contribution in [1.82, 2.24) is 15.0 Å². The summed E-state index contributed by atoms with van der Waals surface area (Å²) in [6, 6.07) is 10.6. The van der Waals surface area contributed by atoms with E-state index in [-0.39, 0.29) is 41.7 Å². The van der Waals surface area contributed by atoms with Gasteiger partial charge in [-0.3, -0.25) is 24.3 Å². The minimum Gasteiger partial charge on any atom is -0.480 e. The summed E-state index contributed by atoms with van der Waals surface area (Å²) in [5, 5.41) is 12.2. The molecule has 2 amide bonds. The summed E-state index contributed by atoms with van der Waals surface area (Å²) in [4.78, 5) is 58.8. The van der Waals surface area contributed by atoms with Gasteiger partial charge in [-0.1, -0.05) is 30.3 Å². The standard InChI is InChI=1S/C21H21N7O5/c22-18-14(19(31)27-21(23)26-18)9-17(30)25-13-6-7-16(24-10-13)28(11-29)15(20(32)33)8-12-4-2-1-3-5-12/h1-7,10-11,15H,8-9H2,(H,25,30)(H,32,33)(H5,22,23,26,27,31)/t15-/m0/s1. The van der Waals surface area contributed by atoms with Crippen molar-refractivity contribution in [2.75, 3.05) is 21.7 Å². The predicted octanol–water partition coefficient (Wildman–Crippen LogP) is 0.169. The van der Waals surface area contributed by atoms with Crippen molar-refractivity contribution in [2.24, 2.45) is 0 Å². The maximum Gasteiger partial charge on any atom is 0.327 e. The number of nitrogens with zero attached hydrogens (tertiary/aromatic N) is 3. The van der Waals surface area contributed by atoms with Gasteiger partial charge in [0.2, 0.25) is 18.3 Å². The number of H-pyrrole nitrogens is 1. The lowest BCUT2D eigenvalue weighted by Crippen LogP contribution is -2.42. The monoisotopic (exact) mass is 451 g/mol. The Morgan fingerprint density at radius 2 is 1.91 bits per heavy atom. The second-order valence-corrected chi connectivity index (χ2v) is 7.00. The van der Waals surface area contributed by atoms with Crippen LogP contribution in [-0.2, 0) is 27.2 Å². The fourth-order valence-corrected chi connectivity index (χ4v) is 3.11. The molecule has 12 nitrogen and oxygen atoms in total. The summed E-state index contributed by atoms with van der Waals surface area (Å²) in [7, 11) is 0. The van der Waals surface area contributed by atoms with Crippen LogP contribution in [0.15, 0.2) is 53.5 Å². The van der Waals surface area contributed by atoms with Crippen LogP contribution >= 0.6 is 0 Å². The van der Waals surface area contributed by atoms with Crippen molar-refractivity contribution < 1.29 is 19.5 Å². The smallest absolute Gasteiger partial charge is 0.327 e. The SMILES string of the molecule is Nc1nc(N)c(CC(=O)Nc2ccc(N(C=O)[C@@H](Cc3ccccc3)C(=O)O)nc2)c(=O)[nH]1. The molecule has 0 spiro atoms. The largest absolute Gasteiger partial charge is 0.480 e. The quantitative estimate of drug-likeness (QED) is 0.281. The number of rotatable bonds is 9. The normalized spacial score (nSPS) is 11.4. The molecule has 1 atom stereocenters. The number of aromatic amines is 1. The first-order valence-corrected chi connectivity index (χ1v) is 9.69. The first kappa shape index (κ1) is 22.9. The molecule has 33 heavy (non-hydrogen) atoms. The molecule has 0 saturated carbocycles. The van der Waals surface area contributed by atoms with E-state index in [4.69, 9.17) is 11.5 Å². The highest BCUT2D eigenvalue weighted by molar-refractivity contribution is 5.93. The zero-order valence-corrected chi connectivity index (χ0v) is 17.3. The number of carboxylic acid groups (broad SMARTS) is 1. The molecule has 0 saturated heterocycles. The number of benzene rings is 1. The Hall–Kier alpha value is -4.74. The fraction of sp³-hybridized carbons (Fsp3) is 0.143. The molecule has 7 N–H and O–H groups in total. The van der Waals surface area contributed by atoms with Gasteiger partial charge in [0.15, 0.2) is 0 Å². The zero-order chi connectivity index (χ0) is 24.0. The number of carbonyl (C=O) groups excluding carboxylic acids is 2. The van der Waals surface area contributed by atoms with Crippen LogP contribution in [0.25, 0.3) is 0 Å². The summed E-state index contributed by atoms with van der Waals surface area (Å²) < 4.78 is 0. The molecule has 3 rings (SSSR count). The molecule has 170 valence electrons. The number of nitrogens with two attached hydrogens (primary N) is 2. The molecule has 0 aliphatic carbocycles. The number of amides is 2. The number of pyridine rings is 1. The molecular weight excluding hydrogens is 430 g/mol. The molecule has 0 aliphatic rings. The van der Waals surface area contributed by atoms with E-state index in [1.165, 1.54) is 18.3 Å². The molecule has 2 heterocycles. The summed E-state index contributed by atoms with van der Waals surface area (Å²) in [5.74, 6) is -1.97. The van der Waals surface area contributed by atoms with E-state index in [1.54, 1.807) is 30.3 Å². The van der Waals surface area contributed by atoms with Gasteiger partial charge in [0, 0.05) is 6.42 Å². The third-order valence-corrected chi connectivity index (χ3v) is 4.71. The molecule has 2 aromatic heterocycles. The van der Waals surface area contributed by atoms with E-state index in [0.29, 0.717) is 6.41 Å². The summed E-state index contributed by atoms with van der Waals surface area (Å²) in [6.07, 6.45) is 1.39. The van der Waals surface area contributed by atoms with Crippen LogP contribution in [0.3, 0.4) is 0 Å². The maximum absolute atomic E-state index is 12.3. The first-order chi connectivity index (χ1) is 15.8. The number of carbonyl (C=O) groups is 3. The molecular formula is C21H21N7O5. The van der Waals surface area contributed by atoms with Gasteiger partial charge in [0.25, 0.3) is 5.56 Å². The molecule has 0 bridgehead atoms. The van der Waals surface area contributed by atoms with E-state index in [9.17, 15) is 24.3 Å². The maximum atomic E-state index is 12.3. The van der Waals surface area contributed by atoms with Crippen molar-refractivity contribution >= 4 is 41.6 Å². The minimum absolute atomic E-state index is 0.0383. The Bertz CT molecular complexity index is 1210. The molecule has 0 unspecified atom stereocenters. The minimum atomic E-state index is -1.19. The van der Waals surface area contributed by atoms with Crippen LogP contribution in [0.2, 0.25) is 0 Å². The highest BCUT2D eigenvalue weighted by Crippen LogP contribution is 2.18. The van der Waals surface area contributed by atoms with Gasteiger partial charge in [-0.25, -0.2) is 9.78 Å². The van der Waals surface area contributed by atoms with Gasteiger partial charge >= 0.3 is 5.97 Å². The second-order valence-electron chi connectivity index (χ2n) is 7.00. The van der Waals surface area contributed by atoms with Gasteiger partial charge in [0.05, 0.1) is 23.9 Å². The third kappa shape index (κ3) is 5.70. The van der Waals surface area contributed by atoms with E-state index in [1.807, 2.05) is 0 Å². The van der Waals surface area contributed by atoms with Gasteiger partial charge in [-0.2, -0.15) is 4.98 Å². The van der Waals surface area contributed by atoms with E-state index >= 15 is 0 Å². The van der Waals surface area contributed by atoms with Gasteiger partial charge in [-0.05, 0) is 17.7 Å². The second kappa shape index (κ2) is 10.0. The van der Waals surface area contributed by atoms with Crippen LogP contribution in [0.5, 0.6) is 0 Å². The topological polar surface area (TPSA) is 197 Å². The van der Waals surface area contributed by atoms with Crippen LogP contribution < -0.4 is 27.2 Å². The van der Waals surface area contributed by atoms with E-state index < -0.39 is 23.5 Å². The van der Waals surface area contributed by atoms with Crippen molar-refractivity contribution in [2.45, 2.75) is 18.9 Å². The average Bonchev–Trinajstić information content (AvgIpc) is 2.77. The van der Waals surface area contributed by atoms with Crippen LogP contribution in [0, 0.1) is 0 Å². The van der Waals surface area contributed by atoms with Gasteiger partial charge in [0.1, 0.15) is 17.7 Å². The van der Waals surface area contributed by atoms with Gasteiger partial charge < -0.3 is 21.9 Å². The Labute approximate surface area is 187 Å². The first-order valence-electron chi connectivity index (χ1n) is 9.69. The number of nitrogen functional groups attached to an aromatic ring is 2. The lowest BCUT2D eigenvalue weighted by molar-refractivity contribution is -0.139. The highest BCUT2D eigenvalue weighted by Gasteiger charge is 2.27. The molecule has 0 radical (unpaired) electrons. The molecule has 12 heteroatoms. The number of hydrogen-bond acceptors (Lipinski definition) is 8. The van der Waals surface area contributed by atoms with E-state index in [2.05, 4.69) is 20.3 Å². The zero-order valence-electron chi connectivity index (χ0n) is 17.3. The molecule has 0 fully saturated rings. The number of anilines is 4. The summed E-state index contributed by atoms with van der Waals surface area (Å²) in [5.41, 5.74) is 11.4. The summed E-state index contributed by atoms with van der Waals surface area (Å²) >= 11 is 0. The molecule has 3 aromatic rings. The molecule has 0 aliphatic heterocycles. The van der Waals surface area contributed by atoms with Crippen LogP contribution in [-0.4, -0.2) is 44.4 Å². The van der Waals surface area contributed by atoms with Crippen LogP contribution in [0.1, 0.15) is 11.1 Å². The number of nitrogens with one attached hydrogen (secondary N) is 2. The average molecular weight is 451 g/mol. The molecule has 1 aromatic carbocycles. The van der Waals surface area contributed by atoms with Crippen molar-refractivity contribution in [3.63, 3.8) is 0 Å². The van der Waals surface area contributed by atoms with Crippen molar-refractivity contribution in [3.8, 4) is 0 Å².